The molecule has 0 aromatic heterocycles. The molecule has 25 heavy (non-hydrogen) atoms. The van der Waals surface area contributed by atoms with Crippen LogP contribution in [0.25, 0.3) is 0 Å². The number of carbonyl (C=O) groups is 1. The molecule has 2 rings (SSSR count). The Kier molecular flexibility index (Phi) is 11.3. The first-order chi connectivity index (χ1) is 12.4. The molecule has 2 nitrogen and oxygen atoms in total. The van der Waals surface area contributed by atoms with Gasteiger partial charge < -0.3 is 5.32 Å². The number of carbonyl (C=O) groups excluding carboxylic acids is 1. The zero-order valence-electron chi connectivity index (χ0n) is 16.7. The second kappa shape index (κ2) is 13.6. The van der Waals surface area contributed by atoms with Crippen molar-refractivity contribution in [1.82, 2.24) is 5.32 Å². The number of rotatable bonds is 2. The molecule has 2 saturated carbocycles. The van der Waals surface area contributed by atoms with Crippen molar-refractivity contribution in [2.75, 3.05) is 0 Å². The third-order valence-electron chi connectivity index (χ3n) is 6.43. The maximum absolute atomic E-state index is 12.9. The molecule has 0 heterocycles. The molecule has 0 spiro atoms. The van der Waals surface area contributed by atoms with E-state index in [4.69, 9.17) is 0 Å². The van der Waals surface area contributed by atoms with Gasteiger partial charge in [0.1, 0.15) is 0 Å². The van der Waals surface area contributed by atoms with Crippen LogP contribution in [0, 0.1) is 5.92 Å². The van der Waals surface area contributed by atoms with Gasteiger partial charge >= 0.3 is 0 Å². The first-order valence-corrected chi connectivity index (χ1v) is 11.7. The van der Waals surface area contributed by atoms with Crippen LogP contribution < -0.4 is 5.32 Å². The zero-order chi connectivity index (χ0) is 17.6. The predicted octanol–water partition coefficient (Wildman–Crippen LogP) is 6.92. The van der Waals surface area contributed by atoms with Gasteiger partial charge in [-0.05, 0) is 25.7 Å². The van der Waals surface area contributed by atoms with Crippen LogP contribution in [0.5, 0.6) is 0 Å². The molecular formula is C23H43NO. The highest BCUT2D eigenvalue weighted by molar-refractivity contribution is 5.78. The smallest absolute Gasteiger partial charge is 0.223 e. The Labute approximate surface area is 156 Å². The SMILES string of the molecule is O=C(NC1CCCCCCCCC1)C1CCCCCCCCCCC1. The van der Waals surface area contributed by atoms with Crippen LogP contribution in [0.15, 0.2) is 0 Å². The molecule has 1 amide bonds. The van der Waals surface area contributed by atoms with E-state index in [9.17, 15) is 4.79 Å². The van der Waals surface area contributed by atoms with E-state index in [0.29, 0.717) is 11.9 Å². The van der Waals surface area contributed by atoms with Gasteiger partial charge in [0, 0.05) is 12.0 Å². The summed E-state index contributed by atoms with van der Waals surface area (Å²) in [4.78, 5) is 12.9. The van der Waals surface area contributed by atoms with Crippen LogP contribution in [-0.4, -0.2) is 11.9 Å². The molecule has 146 valence electrons. The predicted molar refractivity (Wildman–Crippen MR) is 108 cm³/mol. The van der Waals surface area contributed by atoms with E-state index in [0.717, 1.165) is 12.8 Å². The molecule has 1 N–H and O–H groups in total. The molecule has 0 aromatic carbocycles. The Bertz CT molecular complexity index is 319. The monoisotopic (exact) mass is 349 g/mol. The van der Waals surface area contributed by atoms with Gasteiger partial charge in [-0.2, -0.15) is 0 Å². The summed E-state index contributed by atoms with van der Waals surface area (Å²) in [6, 6.07) is 0.451. The standard InChI is InChI=1S/C23H43NO/c25-23(24-22-19-15-11-7-4-8-12-16-20-22)21-17-13-9-5-2-1-3-6-10-14-18-21/h21-22H,1-20H2,(H,24,25). The molecule has 0 atom stereocenters. The van der Waals surface area contributed by atoms with E-state index in [-0.39, 0.29) is 5.92 Å². The molecule has 2 fully saturated rings. The minimum atomic E-state index is 0.287. The minimum Gasteiger partial charge on any atom is -0.353 e. The zero-order valence-corrected chi connectivity index (χ0v) is 16.7. The first kappa shape index (κ1) is 20.8. The van der Waals surface area contributed by atoms with Gasteiger partial charge in [-0.25, -0.2) is 0 Å². The summed E-state index contributed by atoms with van der Waals surface area (Å²) in [6.07, 6.45) is 26.3. The maximum atomic E-state index is 12.9. The number of hydrogen-bond donors (Lipinski definition) is 1. The summed E-state index contributed by atoms with van der Waals surface area (Å²) in [7, 11) is 0. The lowest BCUT2D eigenvalue weighted by atomic mass is 9.91. The molecular weight excluding hydrogens is 306 g/mol. The van der Waals surface area contributed by atoms with E-state index in [1.165, 1.54) is 116 Å². The van der Waals surface area contributed by atoms with Gasteiger partial charge in [-0.3, -0.25) is 4.79 Å². The highest BCUT2D eigenvalue weighted by Crippen LogP contribution is 2.23. The average molecular weight is 350 g/mol. The molecule has 2 aliphatic rings. The van der Waals surface area contributed by atoms with Crippen LogP contribution in [0.4, 0.5) is 0 Å². The Morgan fingerprint density at radius 3 is 1.20 bits per heavy atom. The summed E-state index contributed by atoms with van der Waals surface area (Å²) in [5.41, 5.74) is 0. The molecule has 0 aliphatic heterocycles. The Morgan fingerprint density at radius 2 is 0.800 bits per heavy atom. The molecule has 0 saturated heterocycles. The van der Waals surface area contributed by atoms with Crippen molar-refractivity contribution in [3.05, 3.63) is 0 Å². The summed E-state index contributed by atoms with van der Waals surface area (Å²) < 4.78 is 0. The van der Waals surface area contributed by atoms with Crippen molar-refractivity contribution < 1.29 is 4.79 Å². The second-order valence-corrected chi connectivity index (χ2v) is 8.71. The lowest BCUT2D eigenvalue weighted by Gasteiger charge is -2.24. The Morgan fingerprint density at radius 1 is 0.480 bits per heavy atom. The molecule has 0 radical (unpaired) electrons. The number of nitrogens with one attached hydrogen (secondary N) is 1. The van der Waals surface area contributed by atoms with Crippen LogP contribution in [0.1, 0.15) is 128 Å². The Hall–Kier alpha value is -0.530. The van der Waals surface area contributed by atoms with Crippen LogP contribution in [0.2, 0.25) is 0 Å². The summed E-state index contributed by atoms with van der Waals surface area (Å²) >= 11 is 0. The van der Waals surface area contributed by atoms with Gasteiger partial charge in [0.25, 0.3) is 0 Å². The third-order valence-corrected chi connectivity index (χ3v) is 6.43. The normalized spacial score (nSPS) is 24.6. The minimum absolute atomic E-state index is 0.287. The fourth-order valence-corrected chi connectivity index (χ4v) is 4.70. The van der Waals surface area contributed by atoms with Crippen molar-refractivity contribution in [3.63, 3.8) is 0 Å². The number of hydrogen-bond acceptors (Lipinski definition) is 1. The Balaban J connectivity index is 1.79. The largest absolute Gasteiger partial charge is 0.353 e. The summed E-state index contributed by atoms with van der Waals surface area (Å²) in [6.45, 7) is 0. The average Bonchev–Trinajstić information content (AvgIpc) is 2.61. The van der Waals surface area contributed by atoms with Crippen molar-refractivity contribution in [2.24, 2.45) is 5.92 Å². The first-order valence-electron chi connectivity index (χ1n) is 11.7. The van der Waals surface area contributed by atoms with Crippen molar-refractivity contribution in [2.45, 2.75) is 134 Å². The van der Waals surface area contributed by atoms with Crippen LogP contribution in [-0.2, 0) is 4.79 Å². The van der Waals surface area contributed by atoms with Crippen molar-refractivity contribution in [3.8, 4) is 0 Å². The van der Waals surface area contributed by atoms with E-state index < -0.39 is 0 Å². The van der Waals surface area contributed by atoms with Gasteiger partial charge in [0.15, 0.2) is 0 Å². The van der Waals surface area contributed by atoms with Gasteiger partial charge in [0.2, 0.25) is 5.91 Å². The molecule has 2 aliphatic carbocycles. The highest BCUT2D eigenvalue weighted by atomic mass is 16.1. The van der Waals surface area contributed by atoms with E-state index in [1.54, 1.807) is 0 Å². The molecule has 0 unspecified atom stereocenters. The maximum Gasteiger partial charge on any atom is 0.223 e. The van der Waals surface area contributed by atoms with Gasteiger partial charge in [-0.15, -0.1) is 0 Å². The number of amides is 1. The van der Waals surface area contributed by atoms with Crippen molar-refractivity contribution in [1.29, 1.82) is 0 Å². The second-order valence-electron chi connectivity index (χ2n) is 8.71. The molecule has 0 aromatic rings. The van der Waals surface area contributed by atoms with E-state index in [1.807, 2.05) is 0 Å². The van der Waals surface area contributed by atoms with Crippen LogP contribution in [0.3, 0.4) is 0 Å². The topological polar surface area (TPSA) is 29.1 Å². The lowest BCUT2D eigenvalue weighted by Crippen LogP contribution is -2.39. The lowest BCUT2D eigenvalue weighted by molar-refractivity contribution is -0.126. The quantitative estimate of drug-likeness (QED) is 0.576. The molecule has 2 heteroatoms. The fraction of sp³-hybridized carbons (Fsp3) is 0.957. The van der Waals surface area contributed by atoms with Gasteiger partial charge in [0.05, 0.1) is 0 Å². The van der Waals surface area contributed by atoms with Gasteiger partial charge in [-0.1, -0.05) is 103 Å². The van der Waals surface area contributed by atoms with E-state index >= 15 is 0 Å². The summed E-state index contributed by atoms with van der Waals surface area (Å²) in [5.74, 6) is 0.675. The summed E-state index contributed by atoms with van der Waals surface area (Å²) in [5, 5.41) is 3.48. The van der Waals surface area contributed by atoms with E-state index in [2.05, 4.69) is 5.32 Å². The van der Waals surface area contributed by atoms with Crippen LogP contribution >= 0.6 is 0 Å². The third kappa shape index (κ3) is 9.66. The van der Waals surface area contributed by atoms with Crippen molar-refractivity contribution >= 4 is 5.91 Å². The fourth-order valence-electron chi connectivity index (χ4n) is 4.70. The molecule has 0 bridgehead atoms. The highest BCUT2D eigenvalue weighted by Gasteiger charge is 2.21.